The van der Waals surface area contributed by atoms with Crippen molar-refractivity contribution in [1.82, 2.24) is 0 Å². The van der Waals surface area contributed by atoms with Gasteiger partial charge in [0.1, 0.15) is 6.61 Å². The summed E-state index contributed by atoms with van der Waals surface area (Å²) < 4.78 is 44.4. The summed E-state index contributed by atoms with van der Waals surface area (Å²) in [6, 6.07) is 0. The summed E-state index contributed by atoms with van der Waals surface area (Å²) in [5.74, 6) is 0. The molecule has 0 aliphatic rings. The predicted molar refractivity (Wildman–Crippen MR) is 57.5 cm³/mol. The van der Waals surface area contributed by atoms with Crippen molar-refractivity contribution < 1.29 is 22.6 Å². The second kappa shape index (κ2) is 10.9. The summed E-state index contributed by atoms with van der Waals surface area (Å²) in [6.07, 6.45) is -4.78. The van der Waals surface area contributed by atoms with Crippen LogP contribution in [0.1, 0.15) is 22.3 Å². The highest BCUT2D eigenvalue weighted by atomic mass is 19.4. The Morgan fingerprint density at radius 3 is 1.80 bits per heavy atom. The Bertz CT molecular complexity index is 155. The Morgan fingerprint density at radius 2 is 1.53 bits per heavy atom. The molecule has 5 heteroatoms. The molecule has 0 aliphatic heterocycles. The molecule has 0 rings (SSSR count). The zero-order valence-corrected chi connectivity index (χ0v) is 6.30. The van der Waals surface area contributed by atoms with E-state index in [0.717, 1.165) is 12.5 Å². The van der Waals surface area contributed by atoms with Gasteiger partial charge in [-0.3, -0.25) is 0 Å². The molecular formula is C10H21F3O2. The molecule has 0 fully saturated rings. The summed E-state index contributed by atoms with van der Waals surface area (Å²) in [4.78, 5) is 0. The van der Waals surface area contributed by atoms with E-state index in [1.807, 2.05) is 0 Å². The van der Waals surface area contributed by atoms with E-state index in [1.165, 1.54) is 0 Å². The van der Waals surface area contributed by atoms with E-state index in [0.29, 0.717) is 0 Å². The van der Waals surface area contributed by atoms with Crippen LogP contribution in [0.4, 0.5) is 13.2 Å². The van der Waals surface area contributed by atoms with E-state index in [9.17, 15) is 13.2 Å². The number of alkyl halides is 3. The molecule has 2 nitrogen and oxygen atoms in total. The van der Waals surface area contributed by atoms with Gasteiger partial charge >= 0.3 is 6.18 Å². The number of rotatable bonds is 5. The molecule has 0 aliphatic carbocycles. The molecule has 0 N–H and O–H groups in total. The highest BCUT2D eigenvalue weighted by Crippen LogP contribution is 2.23. The van der Waals surface area contributed by atoms with Crippen molar-refractivity contribution in [2.75, 3.05) is 6.61 Å². The summed E-state index contributed by atoms with van der Waals surface area (Å²) in [7, 11) is 0. The normalized spacial score (nSPS) is 10.6. The molecule has 0 aromatic heterocycles. The molecule has 0 bridgehead atoms. The van der Waals surface area contributed by atoms with Gasteiger partial charge in [-0.1, -0.05) is 35.4 Å². The van der Waals surface area contributed by atoms with Crippen LogP contribution in [-0.2, 0) is 9.47 Å². The fourth-order valence-corrected chi connectivity index (χ4v) is 0.483. The maximum absolute atomic E-state index is 11.9. The van der Waals surface area contributed by atoms with Gasteiger partial charge in [0.15, 0.2) is 0 Å². The Morgan fingerprint density at radius 1 is 1.07 bits per heavy atom. The molecule has 0 aromatic rings. The molecule has 0 saturated heterocycles. The number of hydrogen-bond acceptors (Lipinski definition) is 2. The zero-order chi connectivity index (χ0) is 9.61. The van der Waals surface area contributed by atoms with Crippen molar-refractivity contribution in [3.05, 3.63) is 25.7 Å². The molecule has 15 heavy (non-hydrogen) atoms. The van der Waals surface area contributed by atoms with Crippen LogP contribution in [-0.4, -0.2) is 18.9 Å². The molecule has 94 valence electrons. The van der Waals surface area contributed by atoms with Crippen LogP contribution in [0.5, 0.6) is 0 Å². The summed E-state index contributed by atoms with van der Waals surface area (Å²) in [5, 5.41) is 0. The minimum absolute atomic E-state index is 0. The third-order valence-electron chi connectivity index (χ3n) is 0.991. The Kier molecular flexibility index (Phi) is 17.2. The fourth-order valence-electron chi connectivity index (χ4n) is 0.483. The molecule has 0 aromatic carbocycles. The lowest BCUT2D eigenvalue weighted by Crippen LogP contribution is -2.34. The number of hydrogen-bond donors (Lipinski definition) is 0. The summed E-state index contributed by atoms with van der Waals surface area (Å²) in [5.41, 5.74) is 0. The van der Waals surface area contributed by atoms with Crippen molar-refractivity contribution in [2.45, 2.75) is 34.6 Å². The van der Waals surface area contributed by atoms with E-state index in [4.69, 9.17) is 0 Å². The number of ether oxygens (including phenoxy) is 2. The summed E-state index contributed by atoms with van der Waals surface area (Å²) in [6.45, 7) is 5.51. The van der Waals surface area contributed by atoms with Crippen LogP contribution in [0.3, 0.4) is 0 Å². The number of halogens is 3. The molecule has 0 spiro atoms. The van der Waals surface area contributed by atoms with Crippen LogP contribution in [0.25, 0.3) is 0 Å². The Labute approximate surface area is 90.4 Å². The largest absolute Gasteiger partial charge is 0.498 e. The van der Waals surface area contributed by atoms with Gasteiger partial charge in [0, 0.05) is 0 Å². The zero-order valence-electron chi connectivity index (χ0n) is 6.30. The maximum Gasteiger partial charge on any atom is 0.428 e. The predicted octanol–water partition coefficient (Wildman–Crippen LogP) is 4.15. The van der Waals surface area contributed by atoms with Gasteiger partial charge in [0.05, 0.1) is 12.5 Å². The van der Waals surface area contributed by atoms with Crippen LogP contribution >= 0.6 is 0 Å². The lowest BCUT2D eigenvalue weighted by atomic mass is 10.4. The van der Waals surface area contributed by atoms with Crippen LogP contribution < -0.4 is 0 Å². The van der Waals surface area contributed by atoms with E-state index < -0.39 is 18.9 Å². The van der Waals surface area contributed by atoms with Gasteiger partial charge < -0.3 is 9.47 Å². The maximum atomic E-state index is 11.9. The second-order valence-electron chi connectivity index (χ2n) is 1.83. The third kappa shape index (κ3) is 10.8. The molecule has 0 amide bonds. The van der Waals surface area contributed by atoms with Crippen LogP contribution in [0.2, 0.25) is 0 Å². The van der Waals surface area contributed by atoms with Crippen molar-refractivity contribution in [3.8, 4) is 0 Å². The SMILES string of the molecule is C.C.C.C=COCC(OC=C)C(F)(F)F. The second-order valence-corrected chi connectivity index (χ2v) is 1.83. The van der Waals surface area contributed by atoms with E-state index >= 15 is 0 Å². The average Bonchev–Trinajstić information content (AvgIpc) is 1.95. The first-order valence-corrected chi connectivity index (χ1v) is 3.08. The standard InChI is InChI=1S/C7H9F3O2.3CH4/c1-3-11-5-6(12-4-2)7(8,9)10;;;/h3-4,6H,1-2,5H2;3*1H4. The van der Waals surface area contributed by atoms with Gasteiger partial charge in [-0.05, 0) is 0 Å². The fraction of sp³-hybridized carbons (Fsp3) is 0.600. The highest BCUT2D eigenvalue weighted by Gasteiger charge is 2.41. The monoisotopic (exact) mass is 230 g/mol. The van der Waals surface area contributed by atoms with Crippen molar-refractivity contribution >= 4 is 0 Å². The summed E-state index contributed by atoms with van der Waals surface area (Å²) >= 11 is 0. The third-order valence-corrected chi connectivity index (χ3v) is 0.991. The Hall–Kier alpha value is -1.13. The first kappa shape index (κ1) is 23.6. The lowest BCUT2D eigenvalue weighted by Gasteiger charge is -2.18. The van der Waals surface area contributed by atoms with Crippen LogP contribution in [0, 0.1) is 0 Å². The van der Waals surface area contributed by atoms with E-state index in [2.05, 4.69) is 22.6 Å². The smallest absolute Gasteiger partial charge is 0.428 e. The lowest BCUT2D eigenvalue weighted by molar-refractivity contribution is -0.215. The van der Waals surface area contributed by atoms with Gasteiger partial charge in [-0.2, -0.15) is 13.2 Å². The minimum Gasteiger partial charge on any atom is -0.498 e. The minimum atomic E-state index is -4.45. The molecule has 1 atom stereocenters. The first-order chi connectivity index (χ1) is 5.52. The van der Waals surface area contributed by atoms with E-state index in [-0.39, 0.29) is 22.3 Å². The van der Waals surface area contributed by atoms with Crippen molar-refractivity contribution in [3.63, 3.8) is 0 Å². The van der Waals surface area contributed by atoms with Gasteiger partial charge in [0.2, 0.25) is 6.10 Å². The molecule has 0 saturated carbocycles. The van der Waals surface area contributed by atoms with Crippen LogP contribution in [0.15, 0.2) is 25.7 Å². The Balaban J connectivity index is -0.000000202. The molecule has 0 radical (unpaired) electrons. The highest BCUT2D eigenvalue weighted by molar-refractivity contribution is 4.71. The average molecular weight is 230 g/mol. The molecule has 1 unspecified atom stereocenters. The molecule has 0 heterocycles. The molecular weight excluding hydrogens is 209 g/mol. The van der Waals surface area contributed by atoms with Gasteiger partial charge in [0.25, 0.3) is 0 Å². The van der Waals surface area contributed by atoms with Crippen molar-refractivity contribution in [2.24, 2.45) is 0 Å². The van der Waals surface area contributed by atoms with Gasteiger partial charge in [-0.25, -0.2) is 0 Å². The van der Waals surface area contributed by atoms with Crippen molar-refractivity contribution in [1.29, 1.82) is 0 Å². The van der Waals surface area contributed by atoms with Gasteiger partial charge in [-0.15, -0.1) is 0 Å². The first-order valence-electron chi connectivity index (χ1n) is 3.08. The van der Waals surface area contributed by atoms with E-state index in [1.54, 1.807) is 0 Å². The topological polar surface area (TPSA) is 18.5 Å². The quantitative estimate of drug-likeness (QED) is 0.661.